The molecule has 0 unspecified atom stereocenters. The number of hydrogen-bond acceptors (Lipinski definition) is 9. The van der Waals surface area contributed by atoms with Crippen LogP contribution in [0.5, 0.6) is 17.2 Å². The summed E-state index contributed by atoms with van der Waals surface area (Å²) in [6.07, 6.45) is 0.213. The molecule has 37 heavy (non-hydrogen) atoms. The molecule has 3 aromatic rings. The number of aryl methyl sites for hydroxylation is 1. The molecule has 0 aliphatic carbocycles. The molecule has 0 aliphatic rings. The monoisotopic (exact) mass is 510 g/mol. The Morgan fingerprint density at radius 2 is 1.43 bits per heavy atom. The number of carbonyl (C=O) groups is 4. The lowest BCUT2D eigenvalue weighted by Gasteiger charge is -2.13. The molecule has 0 atom stereocenters. The molecule has 0 saturated carbocycles. The van der Waals surface area contributed by atoms with Gasteiger partial charge >= 0.3 is 23.9 Å². The zero-order valence-corrected chi connectivity index (χ0v) is 20.6. The third-order valence-electron chi connectivity index (χ3n) is 5.27. The zero-order chi connectivity index (χ0) is 27.1. The largest absolute Gasteiger partial charge is 0.481 e. The van der Waals surface area contributed by atoms with E-state index in [-0.39, 0.29) is 66.1 Å². The maximum atomic E-state index is 13.1. The van der Waals surface area contributed by atoms with Crippen LogP contribution in [-0.4, -0.2) is 29.0 Å². The van der Waals surface area contributed by atoms with Crippen molar-refractivity contribution >= 4 is 34.8 Å². The third-order valence-corrected chi connectivity index (χ3v) is 5.27. The van der Waals surface area contributed by atoms with Gasteiger partial charge in [0.05, 0.1) is 0 Å². The van der Waals surface area contributed by atoms with E-state index >= 15 is 0 Å². The molecule has 194 valence electrons. The molecule has 3 rings (SSSR count). The predicted molar refractivity (Wildman–Crippen MR) is 132 cm³/mol. The van der Waals surface area contributed by atoms with Crippen molar-refractivity contribution < 1.29 is 42.9 Å². The van der Waals surface area contributed by atoms with Gasteiger partial charge in [-0.2, -0.15) is 0 Å². The number of ether oxygens (including phenoxy) is 3. The first-order valence-corrected chi connectivity index (χ1v) is 11.7. The highest BCUT2D eigenvalue weighted by molar-refractivity contribution is 5.89. The van der Waals surface area contributed by atoms with Crippen LogP contribution >= 0.6 is 0 Å². The van der Waals surface area contributed by atoms with Crippen molar-refractivity contribution in [2.75, 3.05) is 0 Å². The fourth-order valence-corrected chi connectivity index (χ4v) is 3.35. The highest BCUT2D eigenvalue weighted by atomic mass is 16.5. The average Bonchev–Trinajstić information content (AvgIpc) is 2.86. The van der Waals surface area contributed by atoms with Gasteiger partial charge in [-0.25, -0.2) is 0 Å². The molecule has 1 N–H and O–H groups in total. The van der Waals surface area contributed by atoms with Gasteiger partial charge in [-0.1, -0.05) is 32.9 Å². The van der Waals surface area contributed by atoms with Crippen molar-refractivity contribution in [3.05, 3.63) is 52.2 Å². The van der Waals surface area contributed by atoms with E-state index in [1.165, 1.54) is 24.3 Å². The number of aliphatic carboxylic acids is 1. The summed E-state index contributed by atoms with van der Waals surface area (Å²) in [5.74, 6) is -2.48. The summed E-state index contributed by atoms with van der Waals surface area (Å²) in [4.78, 5) is 59.9. The predicted octanol–water partition coefficient (Wildman–Crippen LogP) is 4.42. The number of benzene rings is 2. The van der Waals surface area contributed by atoms with Gasteiger partial charge in [0.2, 0.25) is 0 Å². The molecule has 0 bridgehead atoms. The summed E-state index contributed by atoms with van der Waals surface area (Å²) in [6, 6.07) is 8.49. The molecule has 0 saturated heterocycles. The molecule has 0 amide bonds. The van der Waals surface area contributed by atoms with E-state index in [0.29, 0.717) is 11.1 Å². The Kier molecular flexibility index (Phi) is 8.78. The van der Waals surface area contributed by atoms with Gasteiger partial charge in [-0.05, 0) is 18.1 Å². The number of esters is 3. The second kappa shape index (κ2) is 12.0. The van der Waals surface area contributed by atoms with Crippen LogP contribution in [0.15, 0.2) is 45.6 Å². The fourth-order valence-electron chi connectivity index (χ4n) is 3.35. The van der Waals surface area contributed by atoms with Crippen LogP contribution in [0.4, 0.5) is 0 Å². The molecule has 1 aromatic heterocycles. The summed E-state index contributed by atoms with van der Waals surface area (Å²) in [7, 11) is 0. The Balaban J connectivity index is 2.15. The van der Waals surface area contributed by atoms with E-state index in [4.69, 9.17) is 23.7 Å². The van der Waals surface area contributed by atoms with Crippen LogP contribution < -0.4 is 19.6 Å². The van der Waals surface area contributed by atoms with Crippen molar-refractivity contribution in [3.63, 3.8) is 0 Å². The standard InChI is InChI=1S/C27H26O10/c1-4-24(31)34-17-12-21-27(22(13-17)37-26(33)6-3)18(28)14-20(35-21)16-8-7-15(9-10-23(29)30)19(11-16)36-25(32)5-2/h7-8,11-14H,4-6,9-10H2,1-3H3,(H,29,30). The van der Waals surface area contributed by atoms with Crippen molar-refractivity contribution in [1.29, 1.82) is 0 Å². The first-order valence-electron chi connectivity index (χ1n) is 11.7. The van der Waals surface area contributed by atoms with Crippen LogP contribution in [-0.2, 0) is 25.6 Å². The summed E-state index contributed by atoms with van der Waals surface area (Å²) < 4.78 is 21.9. The number of hydrogen-bond donors (Lipinski definition) is 1. The Labute approximate surface area is 211 Å². The van der Waals surface area contributed by atoms with Crippen molar-refractivity contribution in [2.24, 2.45) is 0 Å². The Morgan fingerprint density at radius 1 is 0.811 bits per heavy atom. The van der Waals surface area contributed by atoms with Gasteiger partial charge in [-0.3, -0.25) is 24.0 Å². The van der Waals surface area contributed by atoms with Gasteiger partial charge in [0, 0.05) is 49.4 Å². The van der Waals surface area contributed by atoms with E-state index < -0.39 is 29.3 Å². The quantitative estimate of drug-likeness (QED) is 0.307. The van der Waals surface area contributed by atoms with Crippen molar-refractivity contribution in [1.82, 2.24) is 0 Å². The van der Waals surface area contributed by atoms with Gasteiger partial charge in [0.25, 0.3) is 0 Å². The van der Waals surface area contributed by atoms with Gasteiger partial charge < -0.3 is 23.7 Å². The van der Waals surface area contributed by atoms with E-state index in [9.17, 15) is 24.0 Å². The summed E-state index contributed by atoms with van der Waals surface area (Å²) in [6.45, 7) is 4.83. The fraction of sp³-hybridized carbons (Fsp3) is 0.296. The van der Waals surface area contributed by atoms with Crippen LogP contribution in [0.3, 0.4) is 0 Å². The van der Waals surface area contributed by atoms with Crippen molar-refractivity contribution in [2.45, 2.75) is 52.9 Å². The molecule has 0 radical (unpaired) electrons. The third kappa shape index (κ3) is 6.81. The normalized spacial score (nSPS) is 10.7. The topological polar surface area (TPSA) is 146 Å². The number of carbonyl (C=O) groups excluding carboxylic acids is 3. The van der Waals surface area contributed by atoms with Gasteiger partial charge in [0.1, 0.15) is 34.0 Å². The lowest BCUT2D eigenvalue weighted by Crippen LogP contribution is -2.11. The minimum atomic E-state index is -1.00. The van der Waals surface area contributed by atoms with Crippen LogP contribution in [0.25, 0.3) is 22.3 Å². The average molecular weight is 510 g/mol. The second-order valence-corrected chi connectivity index (χ2v) is 7.97. The SMILES string of the molecule is CCC(=O)Oc1cc(OC(=O)CC)c2c(=O)cc(-c3ccc(CCC(=O)O)c(OC(=O)CC)c3)oc2c1. The molecule has 10 heteroatoms. The highest BCUT2D eigenvalue weighted by Gasteiger charge is 2.19. The molecule has 0 spiro atoms. The Bertz CT molecular complexity index is 1420. The summed E-state index contributed by atoms with van der Waals surface area (Å²) in [5, 5.41) is 9.01. The smallest absolute Gasteiger partial charge is 0.310 e. The minimum absolute atomic E-state index is 0.00450. The van der Waals surface area contributed by atoms with Crippen LogP contribution in [0, 0.1) is 0 Å². The summed E-state index contributed by atoms with van der Waals surface area (Å²) in [5.41, 5.74) is 0.356. The molecule has 2 aromatic carbocycles. The molecule has 0 aliphatic heterocycles. The molecule has 0 fully saturated rings. The lowest BCUT2D eigenvalue weighted by atomic mass is 10.0. The second-order valence-electron chi connectivity index (χ2n) is 7.97. The highest BCUT2D eigenvalue weighted by Crippen LogP contribution is 2.34. The van der Waals surface area contributed by atoms with Gasteiger partial charge in [0.15, 0.2) is 5.43 Å². The first kappa shape index (κ1) is 27.1. The zero-order valence-electron chi connectivity index (χ0n) is 20.6. The Hall–Kier alpha value is -4.47. The first-order chi connectivity index (χ1) is 17.6. The van der Waals surface area contributed by atoms with E-state index in [0.717, 1.165) is 0 Å². The molecule has 1 heterocycles. The number of rotatable bonds is 10. The van der Waals surface area contributed by atoms with Crippen LogP contribution in [0.1, 0.15) is 52.0 Å². The van der Waals surface area contributed by atoms with Crippen molar-refractivity contribution in [3.8, 4) is 28.6 Å². The van der Waals surface area contributed by atoms with E-state index in [1.54, 1.807) is 32.9 Å². The van der Waals surface area contributed by atoms with E-state index in [1.807, 2.05) is 0 Å². The Morgan fingerprint density at radius 3 is 2.05 bits per heavy atom. The van der Waals surface area contributed by atoms with Gasteiger partial charge in [-0.15, -0.1) is 0 Å². The summed E-state index contributed by atoms with van der Waals surface area (Å²) >= 11 is 0. The molecular weight excluding hydrogens is 484 g/mol. The minimum Gasteiger partial charge on any atom is -0.481 e. The number of fused-ring (bicyclic) bond motifs is 1. The molecule has 10 nitrogen and oxygen atoms in total. The van der Waals surface area contributed by atoms with Crippen LogP contribution in [0.2, 0.25) is 0 Å². The molecular formula is C27H26O10. The lowest BCUT2D eigenvalue weighted by molar-refractivity contribution is -0.137. The maximum absolute atomic E-state index is 13.1. The number of carboxylic acids is 1. The number of carboxylic acid groups (broad SMARTS) is 1. The maximum Gasteiger partial charge on any atom is 0.310 e. The van der Waals surface area contributed by atoms with E-state index in [2.05, 4.69) is 0 Å².